The van der Waals surface area contributed by atoms with Gasteiger partial charge in [0.05, 0.1) is 6.10 Å². The highest BCUT2D eigenvalue weighted by molar-refractivity contribution is 5.24. The van der Waals surface area contributed by atoms with E-state index in [1.165, 1.54) is 18.4 Å². The van der Waals surface area contributed by atoms with Gasteiger partial charge in [-0.25, -0.2) is 0 Å². The topological polar surface area (TPSA) is 26.7 Å². The van der Waals surface area contributed by atoms with Crippen LogP contribution in [-0.4, -0.2) is 54.2 Å². The highest BCUT2D eigenvalue weighted by Crippen LogP contribution is 2.24. The van der Waals surface area contributed by atoms with Gasteiger partial charge in [0.2, 0.25) is 0 Å². The van der Waals surface area contributed by atoms with E-state index in [-0.39, 0.29) is 6.04 Å². The number of benzene rings is 1. The summed E-state index contributed by atoms with van der Waals surface area (Å²) in [4.78, 5) is 4.74. The molecule has 1 fully saturated rings. The molecular weight excluding hydrogens is 248 g/mol. The van der Waals surface area contributed by atoms with E-state index >= 15 is 0 Å². The van der Waals surface area contributed by atoms with Gasteiger partial charge in [0.25, 0.3) is 0 Å². The molecule has 1 aliphatic heterocycles. The maximum absolute atomic E-state index is 10.6. The number of aliphatic hydroxyl groups is 1. The van der Waals surface area contributed by atoms with E-state index in [2.05, 4.69) is 49.9 Å². The van der Waals surface area contributed by atoms with Gasteiger partial charge in [-0.05, 0) is 59.4 Å². The number of aryl methyl sites for hydroxylation is 1. The molecule has 1 aromatic carbocycles. The molecule has 1 saturated heterocycles. The molecule has 2 unspecified atom stereocenters. The number of rotatable bonds is 4. The maximum Gasteiger partial charge on any atom is 0.0942 e. The second kappa shape index (κ2) is 6.70. The van der Waals surface area contributed by atoms with Crippen LogP contribution >= 0.6 is 0 Å². The SMILES string of the molecule is Cc1ccc(C(O)C(C)N(C)C2CCN(C)CC2)cc1. The fourth-order valence-corrected chi connectivity index (χ4v) is 3.00. The lowest BCUT2D eigenvalue weighted by Crippen LogP contribution is -2.47. The monoisotopic (exact) mass is 276 g/mol. The normalized spacial score (nSPS) is 21.1. The van der Waals surface area contributed by atoms with E-state index in [4.69, 9.17) is 0 Å². The summed E-state index contributed by atoms with van der Waals surface area (Å²) in [5.41, 5.74) is 2.25. The third kappa shape index (κ3) is 3.60. The molecule has 1 aliphatic rings. The van der Waals surface area contributed by atoms with Crippen LogP contribution in [0.5, 0.6) is 0 Å². The quantitative estimate of drug-likeness (QED) is 0.915. The highest BCUT2D eigenvalue weighted by atomic mass is 16.3. The molecule has 0 radical (unpaired) electrons. The Bertz CT molecular complexity index is 410. The van der Waals surface area contributed by atoms with Crippen molar-refractivity contribution in [3.05, 3.63) is 35.4 Å². The third-order valence-electron chi connectivity index (χ3n) is 4.78. The Morgan fingerprint density at radius 1 is 1.20 bits per heavy atom. The molecule has 1 heterocycles. The lowest BCUT2D eigenvalue weighted by Gasteiger charge is -2.39. The van der Waals surface area contributed by atoms with Gasteiger partial charge in [0, 0.05) is 12.1 Å². The standard InChI is InChI=1S/C17H28N2O/c1-13-5-7-15(8-6-13)17(20)14(2)19(4)16-9-11-18(3)12-10-16/h5-8,14,16-17,20H,9-12H2,1-4H3. The molecule has 3 nitrogen and oxygen atoms in total. The van der Waals surface area contributed by atoms with Crippen molar-refractivity contribution < 1.29 is 5.11 Å². The van der Waals surface area contributed by atoms with E-state index in [9.17, 15) is 5.11 Å². The number of hydrogen-bond donors (Lipinski definition) is 1. The van der Waals surface area contributed by atoms with Crippen molar-refractivity contribution in [2.75, 3.05) is 27.2 Å². The van der Waals surface area contributed by atoms with Gasteiger partial charge < -0.3 is 10.0 Å². The molecule has 1 N–H and O–H groups in total. The summed E-state index contributed by atoms with van der Waals surface area (Å²) in [6.45, 7) is 6.51. The molecule has 0 saturated carbocycles. The first-order valence-corrected chi connectivity index (χ1v) is 7.64. The predicted molar refractivity (Wildman–Crippen MR) is 83.9 cm³/mol. The van der Waals surface area contributed by atoms with E-state index in [1.807, 2.05) is 12.1 Å². The Hall–Kier alpha value is -0.900. The van der Waals surface area contributed by atoms with Gasteiger partial charge in [-0.1, -0.05) is 29.8 Å². The van der Waals surface area contributed by atoms with Crippen LogP contribution in [0.1, 0.15) is 37.0 Å². The van der Waals surface area contributed by atoms with Crippen LogP contribution in [0.25, 0.3) is 0 Å². The van der Waals surface area contributed by atoms with E-state index in [1.54, 1.807) is 0 Å². The first-order chi connectivity index (χ1) is 9.49. The minimum Gasteiger partial charge on any atom is -0.387 e. The summed E-state index contributed by atoms with van der Waals surface area (Å²) in [7, 11) is 4.33. The molecule has 112 valence electrons. The zero-order valence-corrected chi connectivity index (χ0v) is 13.2. The second-order valence-corrected chi connectivity index (χ2v) is 6.30. The van der Waals surface area contributed by atoms with Crippen LogP contribution in [0.15, 0.2) is 24.3 Å². The molecule has 3 heteroatoms. The first kappa shape index (κ1) is 15.5. The molecule has 2 atom stereocenters. The number of hydrogen-bond acceptors (Lipinski definition) is 3. The van der Waals surface area contributed by atoms with E-state index in [0.717, 1.165) is 18.7 Å². The summed E-state index contributed by atoms with van der Waals surface area (Å²) in [5, 5.41) is 10.6. The summed E-state index contributed by atoms with van der Waals surface area (Å²) in [5.74, 6) is 0. The molecule has 0 bridgehead atoms. The Labute approximate surface area is 123 Å². The summed E-state index contributed by atoms with van der Waals surface area (Å²) < 4.78 is 0. The maximum atomic E-state index is 10.6. The van der Waals surface area contributed by atoms with Gasteiger partial charge in [-0.15, -0.1) is 0 Å². The van der Waals surface area contributed by atoms with Crippen molar-refractivity contribution in [2.24, 2.45) is 0 Å². The Morgan fingerprint density at radius 3 is 2.30 bits per heavy atom. The van der Waals surface area contributed by atoms with Gasteiger partial charge in [0.1, 0.15) is 0 Å². The lowest BCUT2D eigenvalue weighted by molar-refractivity contribution is 0.0308. The molecule has 1 aromatic rings. The van der Waals surface area contributed by atoms with E-state index < -0.39 is 6.10 Å². The van der Waals surface area contributed by atoms with Crippen molar-refractivity contribution in [3.63, 3.8) is 0 Å². The number of nitrogens with zero attached hydrogens (tertiary/aromatic N) is 2. The van der Waals surface area contributed by atoms with Crippen molar-refractivity contribution in [3.8, 4) is 0 Å². The fourth-order valence-electron chi connectivity index (χ4n) is 3.00. The first-order valence-electron chi connectivity index (χ1n) is 7.64. The van der Waals surface area contributed by atoms with Crippen LogP contribution in [0.3, 0.4) is 0 Å². The largest absolute Gasteiger partial charge is 0.387 e. The Balaban J connectivity index is 1.98. The highest BCUT2D eigenvalue weighted by Gasteiger charge is 2.28. The zero-order valence-electron chi connectivity index (χ0n) is 13.2. The zero-order chi connectivity index (χ0) is 14.7. The van der Waals surface area contributed by atoms with Crippen molar-refractivity contribution in [1.82, 2.24) is 9.80 Å². The van der Waals surface area contributed by atoms with Crippen molar-refractivity contribution in [1.29, 1.82) is 0 Å². The second-order valence-electron chi connectivity index (χ2n) is 6.30. The van der Waals surface area contributed by atoms with Gasteiger partial charge in [0.15, 0.2) is 0 Å². The molecule has 2 rings (SSSR count). The van der Waals surface area contributed by atoms with Gasteiger partial charge in [-0.3, -0.25) is 4.90 Å². The molecular formula is C17H28N2O. The minimum atomic E-state index is -0.416. The van der Waals surface area contributed by atoms with Crippen molar-refractivity contribution >= 4 is 0 Å². The molecule has 0 amide bonds. The number of likely N-dealkylation sites (tertiary alicyclic amines) is 1. The van der Waals surface area contributed by atoms with Crippen LogP contribution in [0.2, 0.25) is 0 Å². The summed E-state index contributed by atoms with van der Waals surface area (Å²) >= 11 is 0. The molecule has 20 heavy (non-hydrogen) atoms. The molecule has 0 aromatic heterocycles. The average molecular weight is 276 g/mol. The smallest absolute Gasteiger partial charge is 0.0942 e. The average Bonchev–Trinajstić information content (AvgIpc) is 2.46. The van der Waals surface area contributed by atoms with Crippen LogP contribution in [0, 0.1) is 6.92 Å². The number of likely N-dealkylation sites (N-methyl/N-ethyl adjacent to an activating group) is 1. The van der Waals surface area contributed by atoms with E-state index in [0.29, 0.717) is 6.04 Å². The lowest BCUT2D eigenvalue weighted by atomic mass is 9.97. The molecule has 0 aliphatic carbocycles. The summed E-state index contributed by atoms with van der Waals surface area (Å²) in [6, 6.07) is 8.95. The fraction of sp³-hybridized carbons (Fsp3) is 0.647. The number of piperidine rings is 1. The Morgan fingerprint density at radius 2 is 1.75 bits per heavy atom. The van der Waals surface area contributed by atoms with Crippen LogP contribution in [0.4, 0.5) is 0 Å². The summed E-state index contributed by atoms with van der Waals surface area (Å²) in [6.07, 6.45) is 1.97. The minimum absolute atomic E-state index is 0.145. The predicted octanol–water partition coefficient (Wildman–Crippen LogP) is 2.44. The molecule has 0 spiro atoms. The number of aliphatic hydroxyl groups excluding tert-OH is 1. The van der Waals surface area contributed by atoms with Gasteiger partial charge >= 0.3 is 0 Å². The third-order valence-corrected chi connectivity index (χ3v) is 4.78. The van der Waals surface area contributed by atoms with Crippen LogP contribution in [-0.2, 0) is 0 Å². The van der Waals surface area contributed by atoms with Gasteiger partial charge in [-0.2, -0.15) is 0 Å². The van der Waals surface area contributed by atoms with Crippen LogP contribution < -0.4 is 0 Å². The van der Waals surface area contributed by atoms with Crippen molar-refractivity contribution in [2.45, 2.75) is 44.9 Å². The Kier molecular flexibility index (Phi) is 5.19.